The predicted molar refractivity (Wildman–Crippen MR) is 72.1 cm³/mol. The summed E-state index contributed by atoms with van der Waals surface area (Å²) in [6.07, 6.45) is 5.63. The van der Waals surface area contributed by atoms with Gasteiger partial charge in [-0.2, -0.15) is 0 Å². The molecule has 1 heteroatoms. The van der Waals surface area contributed by atoms with Gasteiger partial charge in [-0.05, 0) is 23.6 Å². The predicted octanol–water partition coefficient (Wildman–Crippen LogP) is 4.62. The molecule has 0 bridgehead atoms. The van der Waals surface area contributed by atoms with Gasteiger partial charge < -0.3 is 0 Å². The van der Waals surface area contributed by atoms with E-state index in [2.05, 4.69) is 48.6 Å². The molecule has 0 aliphatic heterocycles. The molecule has 16 heavy (non-hydrogen) atoms. The summed E-state index contributed by atoms with van der Waals surface area (Å²) >= 11 is 1.92. The standard InChI is InChI=1S/C15H10S/c1-2-7-14-12(5-1)13-9-8-10-4-3-6-11(10)15(13)16-14/h1-3,5-9H,4H2. The highest BCUT2D eigenvalue weighted by Crippen LogP contribution is 2.39. The van der Waals surface area contributed by atoms with Crippen LogP contribution in [-0.2, 0) is 6.42 Å². The Balaban J connectivity index is 2.28. The van der Waals surface area contributed by atoms with Crippen LogP contribution in [0.5, 0.6) is 0 Å². The zero-order chi connectivity index (χ0) is 10.5. The van der Waals surface area contributed by atoms with Gasteiger partial charge in [0.2, 0.25) is 0 Å². The molecule has 0 saturated carbocycles. The molecule has 0 nitrogen and oxygen atoms in total. The maximum absolute atomic E-state index is 2.28. The number of benzene rings is 2. The van der Waals surface area contributed by atoms with Gasteiger partial charge >= 0.3 is 0 Å². The van der Waals surface area contributed by atoms with E-state index in [0.29, 0.717) is 0 Å². The van der Waals surface area contributed by atoms with Gasteiger partial charge in [-0.1, -0.05) is 42.5 Å². The lowest BCUT2D eigenvalue weighted by atomic mass is 10.1. The molecule has 1 heterocycles. The Morgan fingerprint density at radius 2 is 1.88 bits per heavy atom. The third kappa shape index (κ3) is 0.987. The van der Waals surface area contributed by atoms with Gasteiger partial charge in [0.1, 0.15) is 0 Å². The topological polar surface area (TPSA) is 0 Å². The van der Waals surface area contributed by atoms with Crippen molar-refractivity contribution in [3.63, 3.8) is 0 Å². The molecule has 2 aromatic carbocycles. The van der Waals surface area contributed by atoms with Crippen LogP contribution in [0.3, 0.4) is 0 Å². The van der Waals surface area contributed by atoms with Crippen molar-refractivity contribution in [1.29, 1.82) is 0 Å². The zero-order valence-corrected chi connectivity index (χ0v) is 9.55. The second kappa shape index (κ2) is 2.96. The fraction of sp³-hybridized carbons (Fsp3) is 0.0667. The minimum absolute atomic E-state index is 1.10. The van der Waals surface area contributed by atoms with E-state index in [1.165, 1.54) is 31.3 Å². The van der Waals surface area contributed by atoms with Gasteiger partial charge in [-0.3, -0.25) is 0 Å². The molecular formula is C15H10S. The average Bonchev–Trinajstić information content (AvgIpc) is 2.92. The van der Waals surface area contributed by atoms with Gasteiger partial charge in [0, 0.05) is 20.2 Å². The third-order valence-electron chi connectivity index (χ3n) is 3.30. The van der Waals surface area contributed by atoms with Crippen LogP contribution in [0.1, 0.15) is 11.1 Å². The van der Waals surface area contributed by atoms with Crippen molar-refractivity contribution in [2.75, 3.05) is 0 Å². The van der Waals surface area contributed by atoms with Crippen molar-refractivity contribution < 1.29 is 0 Å². The minimum atomic E-state index is 1.10. The molecule has 3 aromatic rings. The van der Waals surface area contributed by atoms with E-state index >= 15 is 0 Å². The molecule has 0 atom stereocenters. The van der Waals surface area contributed by atoms with Gasteiger partial charge in [0.05, 0.1) is 0 Å². The molecule has 76 valence electrons. The van der Waals surface area contributed by atoms with E-state index in [0.717, 1.165) is 6.42 Å². The van der Waals surface area contributed by atoms with E-state index in [1.807, 2.05) is 11.3 Å². The van der Waals surface area contributed by atoms with E-state index in [9.17, 15) is 0 Å². The summed E-state index contributed by atoms with van der Waals surface area (Å²) in [4.78, 5) is 0. The second-order valence-corrected chi connectivity index (χ2v) is 5.27. The first-order valence-electron chi connectivity index (χ1n) is 5.53. The summed E-state index contributed by atoms with van der Waals surface area (Å²) in [6.45, 7) is 0. The lowest BCUT2D eigenvalue weighted by Gasteiger charge is -1.99. The van der Waals surface area contributed by atoms with E-state index in [-0.39, 0.29) is 0 Å². The van der Waals surface area contributed by atoms with E-state index in [1.54, 1.807) is 0 Å². The number of allylic oxidation sites excluding steroid dienone is 1. The Kier molecular flexibility index (Phi) is 1.58. The number of hydrogen-bond donors (Lipinski definition) is 0. The first-order valence-corrected chi connectivity index (χ1v) is 6.35. The van der Waals surface area contributed by atoms with E-state index in [4.69, 9.17) is 0 Å². The van der Waals surface area contributed by atoms with Crippen LogP contribution in [-0.4, -0.2) is 0 Å². The Morgan fingerprint density at radius 3 is 2.88 bits per heavy atom. The smallest absolute Gasteiger partial charge is 0.0430 e. The van der Waals surface area contributed by atoms with Crippen molar-refractivity contribution in [2.24, 2.45) is 0 Å². The van der Waals surface area contributed by atoms with Gasteiger partial charge in [-0.15, -0.1) is 11.3 Å². The molecule has 0 amide bonds. The highest BCUT2D eigenvalue weighted by molar-refractivity contribution is 7.26. The molecule has 0 saturated heterocycles. The van der Waals surface area contributed by atoms with E-state index < -0.39 is 0 Å². The van der Waals surface area contributed by atoms with Crippen LogP contribution in [0.4, 0.5) is 0 Å². The lowest BCUT2D eigenvalue weighted by molar-refractivity contribution is 1.33. The maximum atomic E-state index is 2.28. The lowest BCUT2D eigenvalue weighted by Crippen LogP contribution is -1.79. The molecule has 0 fully saturated rings. The number of hydrogen-bond acceptors (Lipinski definition) is 1. The number of thiophene rings is 1. The summed E-state index contributed by atoms with van der Waals surface area (Å²) in [6, 6.07) is 13.2. The zero-order valence-electron chi connectivity index (χ0n) is 8.73. The molecule has 1 aliphatic carbocycles. The molecule has 1 aliphatic rings. The first kappa shape index (κ1) is 8.54. The van der Waals surface area contributed by atoms with Crippen LogP contribution in [0.15, 0.2) is 42.5 Å². The van der Waals surface area contributed by atoms with Crippen molar-refractivity contribution in [1.82, 2.24) is 0 Å². The summed E-state index contributed by atoms with van der Waals surface area (Å²) in [7, 11) is 0. The van der Waals surface area contributed by atoms with Gasteiger partial charge in [-0.25, -0.2) is 0 Å². The molecule has 0 spiro atoms. The van der Waals surface area contributed by atoms with Gasteiger partial charge in [0.15, 0.2) is 0 Å². The Morgan fingerprint density at radius 1 is 0.938 bits per heavy atom. The molecular weight excluding hydrogens is 212 g/mol. The Hall–Kier alpha value is -1.60. The molecule has 0 N–H and O–H groups in total. The molecule has 4 rings (SSSR count). The highest BCUT2D eigenvalue weighted by atomic mass is 32.1. The van der Waals surface area contributed by atoms with Crippen molar-refractivity contribution in [2.45, 2.75) is 6.42 Å². The van der Waals surface area contributed by atoms with Crippen LogP contribution >= 0.6 is 11.3 Å². The SMILES string of the molecule is C1=Cc2c(ccc3c2sc2ccccc23)C1. The van der Waals surface area contributed by atoms with Crippen molar-refractivity contribution in [3.8, 4) is 0 Å². The van der Waals surface area contributed by atoms with Crippen LogP contribution in [0.25, 0.3) is 26.2 Å². The average molecular weight is 222 g/mol. The highest BCUT2D eigenvalue weighted by Gasteiger charge is 2.12. The summed E-state index contributed by atoms with van der Waals surface area (Å²) in [5.74, 6) is 0. The van der Waals surface area contributed by atoms with Crippen LogP contribution in [0, 0.1) is 0 Å². The second-order valence-electron chi connectivity index (χ2n) is 4.22. The Bertz CT molecular complexity index is 732. The van der Waals surface area contributed by atoms with Gasteiger partial charge in [0.25, 0.3) is 0 Å². The first-order chi connectivity index (χ1) is 7.93. The largest absolute Gasteiger partial charge is 0.135 e. The normalized spacial score (nSPS) is 13.8. The summed E-state index contributed by atoms with van der Waals surface area (Å²) < 4.78 is 2.85. The molecule has 0 radical (unpaired) electrons. The minimum Gasteiger partial charge on any atom is -0.135 e. The maximum Gasteiger partial charge on any atom is 0.0430 e. The Labute approximate surface area is 97.8 Å². The van der Waals surface area contributed by atoms with Crippen LogP contribution in [0.2, 0.25) is 0 Å². The molecule has 0 unspecified atom stereocenters. The fourth-order valence-electron chi connectivity index (χ4n) is 2.51. The monoisotopic (exact) mass is 222 g/mol. The molecule has 1 aromatic heterocycles. The number of rotatable bonds is 0. The summed E-state index contributed by atoms with van der Waals surface area (Å²) in [5.41, 5.74) is 2.91. The van der Waals surface area contributed by atoms with Crippen molar-refractivity contribution in [3.05, 3.63) is 53.6 Å². The third-order valence-corrected chi connectivity index (χ3v) is 4.52. The quantitative estimate of drug-likeness (QED) is 0.520. The fourth-order valence-corrected chi connectivity index (χ4v) is 3.77. The van der Waals surface area contributed by atoms with Crippen LogP contribution < -0.4 is 0 Å². The number of fused-ring (bicyclic) bond motifs is 5. The summed E-state index contributed by atoms with van der Waals surface area (Å²) in [5, 5.41) is 2.80. The van der Waals surface area contributed by atoms with Crippen molar-refractivity contribution >= 4 is 37.6 Å².